The molecule has 0 spiro atoms. The number of aliphatic hydroxyl groups excluding tert-OH is 1. The highest BCUT2D eigenvalue weighted by Crippen LogP contribution is 2.33. The first-order valence-electron chi connectivity index (χ1n) is 11.5. The van der Waals surface area contributed by atoms with E-state index in [1.165, 1.54) is 12.5 Å². The molecule has 3 atom stereocenters. The molecule has 1 saturated heterocycles. The van der Waals surface area contributed by atoms with E-state index in [0.717, 1.165) is 22.4 Å². The number of ether oxygens (including phenoxy) is 1. The molecule has 1 aliphatic heterocycles. The van der Waals surface area contributed by atoms with Crippen LogP contribution in [0.4, 0.5) is 5.82 Å². The lowest BCUT2D eigenvalue weighted by atomic mass is 10.2. The highest BCUT2D eigenvalue weighted by atomic mass is 16.5. The Kier molecular flexibility index (Phi) is 6.40. The Hall–Kier alpha value is -4.22. The van der Waals surface area contributed by atoms with Gasteiger partial charge in [-0.15, -0.1) is 0 Å². The Balaban J connectivity index is 1.55. The number of aliphatic hydroxyl groups is 1. The molecule has 5 rings (SSSR count). The Labute approximate surface area is 207 Å². The number of pyridine rings is 2. The average molecular weight is 487 g/mol. The molecular weight excluding hydrogens is 460 g/mol. The monoisotopic (exact) mass is 486 g/mol. The largest absolute Gasteiger partial charge is 0.388 e. The maximum Gasteiger partial charge on any atom is 0.253 e. The number of carbonyl (C=O) groups excluding carboxylic acids is 1. The van der Waals surface area contributed by atoms with E-state index in [9.17, 15) is 9.90 Å². The standard InChI is InChI=1S/C25H26N8O3/c1-4-27-24(35)19-9-18(34)25(36-19)33-13-30-20-22(29-12-17-8-14(2)5-6-28-17)31-21(32-23(20)33)16-7-15(3)10-26-11-16/h4-8,10-11,13,18-19,25,34H,1,9,12H2,2-3H3,(H,27,35)(H,29,31,32)/t18-,19+,25-/m1/s1. The van der Waals surface area contributed by atoms with Crippen molar-refractivity contribution in [3.63, 3.8) is 0 Å². The summed E-state index contributed by atoms with van der Waals surface area (Å²) in [6.07, 6.45) is 5.56. The predicted molar refractivity (Wildman–Crippen MR) is 132 cm³/mol. The average Bonchev–Trinajstić information content (AvgIpc) is 3.46. The topological polar surface area (TPSA) is 140 Å². The minimum Gasteiger partial charge on any atom is -0.388 e. The fraction of sp³-hybridized carbons (Fsp3) is 0.280. The Morgan fingerprint density at radius 1 is 1.25 bits per heavy atom. The zero-order valence-corrected chi connectivity index (χ0v) is 19.9. The van der Waals surface area contributed by atoms with Crippen LogP contribution in [-0.4, -0.2) is 52.7 Å². The van der Waals surface area contributed by atoms with Crippen LogP contribution in [0.15, 0.2) is 55.9 Å². The van der Waals surface area contributed by atoms with E-state index in [0.29, 0.717) is 29.4 Å². The van der Waals surface area contributed by atoms with Gasteiger partial charge >= 0.3 is 0 Å². The second-order valence-electron chi connectivity index (χ2n) is 8.68. The first-order valence-corrected chi connectivity index (χ1v) is 11.5. The van der Waals surface area contributed by atoms with Crippen molar-refractivity contribution < 1.29 is 14.6 Å². The van der Waals surface area contributed by atoms with E-state index in [-0.39, 0.29) is 12.3 Å². The molecule has 11 heteroatoms. The molecule has 4 aromatic heterocycles. The molecule has 1 aliphatic rings. The van der Waals surface area contributed by atoms with Crippen molar-refractivity contribution >= 4 is 22.9 Å². The van der Waals surface area contributed by atoms with Gasteiger partial charge < -0.3 is 20.5 Å². The van der Waals surface area contributed by atoms with Gasteiger partial charge in [0.25, 0.3) is 5.91 Å². The van der Waals surface area contributed by atoms with Crippen LogP contribution in [-0.2, 0) is 16.1 Å². The zero-order valence-electron chi connectivity index (χ0n) is 19.9. The SMILES string of the molecule is C=CNC(=O)[C@@H]1C[C@@H](O)[C@H](n2cnc3c(NCc4cc(C)ccn4)nc(-c4cncc(C)c4)nc32)O1. The van der Waals surface area contributed by atoms with Crippen molar-refractivity contribution in [2.75, 3.05) is 5.32 Å². The minimum atomic E-state index is -0.935. The number of aryl methyl sites for hydroxylation is 2. The van der Waals surface area contributed by atoms with Crippen molar-refractivity contribution in [1.82, 2.24) is 34.8 Å². The van der Waals surface area contributed by atoms with Crippen LogP contribution in [0.25, 0.3) is 22.6 Å². The normalized spacial score (nSPS) is 19.4. The number of nitrogens with one attached hydrogen (secondary N) is 2. The Bertz CT molecular complexity index is 1440. The van der Waals surface area contributed by atoms with Crippen LogP contribution in [0.3, 0.4) is 0 Å². The van der Waals surface area contributed by atoms with Crippen molar-refractivity contribution in [3.8, 4) is 11.4 Å². The van der Waals surface area contributed by atoms with Crippen molar-refractivity contribution in [1.29, 1.82) is 0 Å². The fourth-order valence-corrected chi connectivity index (χ4v) is 4.17. The van der Waals surface area contributed by atoms with Crippen molar-refractivity contribution in [2.45, 2.75) is 45.2 Å². The summed E-state index contributed by atoms with van der Waals surface area (Å²) < 4.78 is 7.53. The van der Waals surface area contributed by atoms with Gasteiger partial charge in [-0.1, -0.05) is 6.58 Å². The molecule has 0 aliphatic carbocycles. The van der Waals surface area contributed by atoms with Crippen LogP contribution in [0, 0.1) is 13.8 Å². The van der Waals surface area contributed by atoms with E-state index in [1.807, 2.05) is 32.0 Å². The molecule has 184 valence electrons. The van der Waals surface area contributed by atoms with E-state index in [2.05, 4.69) is 32.2 Å². The van der Waals surface area contributed by atoms with Gasteiger partial charge in [0, 0.05) is 30.6 Å². The summed E-state index contributed by atoms with van der Waals surface area (Å²) in [5.41, 5.74) is 4.61. The molecule has 0 aromatic carbocycles. The first kappa shape index (κ1) is 23.5. The highest BCUT2D eigenvalue weighted by Gasteiger charge is 2.39. The van der Waals surface area contributed by atoms with Gasteiger partial charge in [-0.05, 0) is 49.4 Å². The van der Waals surface area contributed by atoms with Gasteiger partial charge in [-0.2, -0.15) is 0 Å². The lowest BCUT2D eigenvalue weighted by Crippen LogP contribution is -2.30. The second-order valence-corrected chi connectivity index (χ2v) is 8.68. The predicted octanol–water partition coefficient (Wildman–Crippen LogP) is 2.42. The van der Waals surface area contributed by atoms with E-state index < -0.39 is 18.4 Å². The van der Waals surface area contributed by atoms with Gasteiger partial charge in [-0.3, -0.25) is 19.3 Å². The summed E-state index contributed by atoms with van der Waals surface area (Å²) in [5, 5.41) is 16.6. The van der Waals surface area contributed by atoms with Gasteiger partial charge in [0.1, 0.15) is 12.2 Å². The molecule has 3 N–H and O–H groups in total. The van der Waals surface area contributed by atoms with Gasteiger partial charge in [-0.25, -0.2) is 15.0 Å². The van der Waals surface area contributed by atoms with Gasteiger partial charge in [0.15, 0.2) is 29.0 Å². The molecule has 0 radical (unpaired) electrons. The van der Waals surface area contributed by atoms with E-state index in [1.54, 1.807) is 23.2 Å². The molecule has 1 fully saturated rings. The molecule has 0 unspecified atom stereocenters. The smallest absolute Gasteiger partial charge is 0.253 e. The van der Waals surface area contributed by atoms with Crippen molar-refractivity contribution in [2.24, 2.45) is 0 Å². The second kappa shape index (κ2) is 9.80. The molecule has 0 bridgehead atoms. The summed E-state index contributed by atoms with van der Waals surface area (Å²) in [6.45, 7) is 7.88. The maximum atomic E-state index is 12.2. The molecular formula is C25H26N8O3. The molecule has 11 nitrogen and oxygen atoms in total. The summed E-state index contributed by atoms with van der Waals surface area (Å²) in [5.74, 6) is 0.575. The summed E-state index contributed by atoms with van der Waals surface area (Å²) in [7, 11) is 0. The number of anilines is 1. The number of hydrogen-bond acceptors (Lipinski definition) is 9. The number of carbonyl (C=O) groups is 1. The number of nitrogens with zero attached hydrogens (tertiary/aromatic N) is 6. The number of rotatable bonds is 7. The van der Waals surface area contributed by atoms with Crippen LogP contribution in [0.5, 0.6) is 0 Å². The lowest BCUT2D eigenvalue weighted by Gasteiger charge is -2.17. The summed E-state index contributed by atoms with van der Waals surface area (Å²) in [6, 6.07) is 5.87. The van der Waals surface area contributed by atoms with Crippen LogP contribution < -0.4 is 10.6 Å². The molecule has 4 aromatic rings. The number of aromatic nitrogens is 6. The minimum absolute atomic E-state index is 0.133. The molecule has 1 amide bonds. The zero-order chi connectivity index (χ0) is 25.2. The van der Waals surface area contributed by atoms with Crippen LogP contribution in [0.1, 0.15) is 29.5 Å². The molecule has 36 heavy (non-hydrogen) atoms. The fourth-order valence-electron chi connectivity index (χ4n) is 4.17. The number of amides is 1. The third-order valence-electron chi connectivity index (χ3n) is 5.86. The first-order chi connectivity index (χ1) is 17.4. The quantitative estimate of drug-likeness (QED) is 0.359. The molecule has 5 heterocycles. The summed E-state index contributed by atoms with van der Waals surface area (Å²) in [4.78, 5) is 34.9. The maximum absolute atomic E-state index is 12.2. The number of fused-ring (bicyclic) bond motifs is 1. The number of hydrogen-bond donors (Lipinski definition) is 3. The van der Waals surface area contributed by atoms with E-state index in [4.69, 9.17) is 14.7 Å². The number of imidazole rings is 1. The Morgan fingerprint density at radius 3 is 2.89 bits per heavy atom. The lowest BCUT2D eigenvalue weighted by molar-refractivity contribution is -0.133. The van der Waals surface area contributed by atoms with Crippen molar-refractivity contribution in [3.05, 3.63) is 72.7 Å². The summed E-state index contributed by atoms with van der Waals surface area (Å²) >= 11 is 0. The van der Waals surface area contributed by atoms with Gasteiger partial charge in [0.2, 0.25) is 0 Å². The van der Waals surface area contributed by atoms with Crippen LogP contribution in [0.2, 0.25) is 0 Å². The van der Waals surface area contributed by atoms with Gasteiger partial charge in [0.05, 0.1) is 18.6 Å². The third-order valence-corrected chi connectivity index (χ3v) is 5.86. The third kappa shape index (κ3) is 4.66. The van der Waals surface area contributed by atoms with E-state index >= 15 is 0 Å². The van der Waals surface area contributed by atoms with Crippen LogP contribution >= 0.6 is 0 Å². The highest BCUT2D eigenvalue weighted by molar-refractivity contribution is 5.85. The molecule has 0 saturated carbocycles. The Morgan fingerprint density at radius 2 is 2.11 bits per heavy atom.